The van der Waals surface area contributed by atoms with Crippen LogP contribution in [0.3, 0.4) is 0 Å². The highest BCUT2D eigenvalue weighted by molar-refractivity contribution is 5.78. The van der Waals surface area contributed by atoms with E-state index in [1.165, 1.54) is 12.8 Å². The van der Waals surface area contributed by atoms with Crippen LogP contribution in [-0.2, 0) is 9.59 Å². The van der Waals surface area contributed by atoms with Gasteiger partial charge in [0.1, 0.15) is 0 Å². The predicted octanol–water partition coefficient (Wildman–Crippen LogP) is 1.13. The molecule has 3 N–H and O–H groups in total. The van der Waals surface area contributed by atoms with Crippen LogP contribution in [0.1, 0.15) is 46.0 Å². The van der Waals surface area contributed by atoms with E-state index in [0.29, 0.717) is 24.4 Å². The number of carbonyl (C=O) groups excluding carboxylic acids is 1. The van der Waals surface area contributed by atoms with E-state index in [-0.39, 0.29) is 11.9 Å². The van der Waals surface area contributed by atoms with Crippen molar-refractivity contribution in [3.05, 3.63) is 0 Å². The van der Waals surface area contributed by atoms with E-state index in [4.69, 9.17) is 5.11 Å². The Labute approximate surface area is 114 Å². The van der Waals surface area contributed by atoms with E-state index in [1.54, 1.807) is 13.8 Å². The van der Waals surface area contributed by atoms with Gasteiger partial charge in [0.2, 0.25) is 5.91 Å². The summed E-state index contributed by atoms with van der Waals surface area (Å²) < 4.78 is 0. The first-order valence-corrected chi connectivity index (χ1v) is 7.24. The molecular weight excluding hydrogens is 244 g/mol. The lowest BCUT2D eigenvalue weighted by Gasteiger charge is -2.29. The molecule has 2 fully saturated rings. The van der Waals surface area contributed by atoms with Crippen molar-refractivity contribution in [1.29, 1.82) is 0 Å². The largest absolute Gasteiger partial charge is 0.481 e. The number of nitrogens with one attached hydrogen (secondary N) is 2. The Hall–Kier alpha value is -1.10. The number of rotatable bonds is 5. The maximum Gasteiger partial charge on any atom is 0.308 e. The molecule has 2 bridgehead atoms. The summed E-state index contributed by atoms with van der Waals surface area (Å²) in [5, 5.41) is 15.3. The number of hydrogen-bond donors (Lipinski definition) is 3. The third-order valence-corrected chi connectivity index (χ3v) is 4.57. The van der Waals surface area contributed by atoms with Gasteiger partial charge in [0.05, 0.1) is 5.92 Å². The molecule has 0 aliphatic carbocycles. The second-order valence-electron chi connectivity index (χ2n) is 6.16. The molecule has 0 aromatic rings. The highest BCUT2D eigenvalue weighted by Gasteiger charge is 2.34. The average Bonchev–Trinajstić information content (AvgIpc) is 2.67. The number of carbonyl (C=O) groups is 2. The molecule has 2 aliphatic rings. The lowest BCUT2D eigenvalue weighted by atomic mass is 9.89. The molecule has 2 aliphatic heterocycles. The van der Waals surface area contributed by atoms with Crippen molar-refractivity contribution < 1.29 is 14.7 Å². The molecule has 0 spiro atoms. The van der Waals surface area contributed by atoms with Crippen molar-refractivity contribution in [3.63, 3.8) is 0 Å². The third kappa shape index (κ3) is 3.69. The lowest BCUT2D eigenvalue weighted by molar-refractivity contribution is -0.142. The number of amides is 1. The zero-order valence-corrected chi connectivity index (χ0v) is 11.7. The summed E-state index contributed by atoms with van der Waals surface area (Å²) in [5.41, 5.74) is 0. The summed E-state index contributed by atoms with van der Waals surface area (Å²) in [6.45, 7) is 3.38. The smallest absolute Gasteiger partial charge is 0.308 e. The summed E-state index contributed by atoms with van der Waals surface area (Å²) in [4.78, 5) is 22.8. The average molecular weight is 268 g/mol. The van der Waals surface area contributed by atoms with Crippen LogP contribution in [0.4, 0.5) is 0 Å². The Kier molecular flexibility index (Phi) is 4.45. The Morgan fingerprint density at radius 1 is 1.26 bits per heavy atom. The fraction of sp³-hybridized carbons (Fsp3) is 0.857. The van der Waals surface area contributed by atoms with Gasteiger partial charge in [-0.15, -0.1) is 0 Å². The van der Waals surface area contributed by atoms with Crippen LogP contribution in [0.5, 0.6) is 0 Å². The van der Waals surface area contributed by atoms with E-state index in [2.05, 4.69) is 10.6 Å². The molecule has 0 radical (unpaired) electrons. The van der Waals surface area contributed by atoms with Crippen molar-refractivity contribution in [2.75, 3.05) is 0 Å². The first kappa shape index (κ1) is 14.3. The Balaban J connectivity index is 1.76. The van der Waals surface area contributed by atoms with E-state index in [9.17, 15) is 9.59 Å². The molecule has 2 saturated heterocycles. The lowest BCUT2D eigenvalue weighted by Crippen LogP contribution is -2.43. The first-order chi connectivity index (χ1) is 8.95. The van der Waals surface area contributed by atoms with Crippen molar-refractivity contribution in [1.82, 2.24) is 10.6 Å². The van der Waals surface area contributed by atoms with Crippen LogP contribution in [0, 0.1) is 11.8 Å². The number of fused-ring (bicyclic) bond motifs is 2. The maximum absolute atomic E-state index is 12.0. The van der Waals surface area contributed by atoms with Crippen LogP contribution in [0.15, 0.2) is 0 Å². The molecular formula is C14H24N2O3. The minimum Gasteiger partial charge on any atom is -0.481 e. The second-order valence-corrected chi connectivity index (χ2v) is 6.16. The summed E-state index contributed by atoms with van der Waals surface area (Å²) in [6.07, 6.45) is 5.15. The van der Waals surface area contributed by atoms with Gasteiger partial charge < -0.3 is 15.7 Å². The van der Waals surface area contributed by atoms with Gasteiger partial charge in [0.15, 0.2) is 0 Å². The maximum atomic E-state index is 12.0. The summed E-state index contributed by atoms with van der Waals surface area (Å²) in [7, 11) is 0. The van der Waals surface area contributed by atoms with E-state index >= 15 is 0 Å². The topological polar surface area (TPSA) is 78.4 Å². The van der Waals surface area contributed by atoms with E-state index < -0.39 is 11.9 Å². The van der Waals surface area contributed by atoms with Gasteiger partial charge >= 0.3 is 5.97 Å². The number of hydrogen-bond acceptors (Lipinski definition) is 3. The van der Waals surface area contributed by atoms with Gasteiger partial charge in [-0.3, -0.25) is 9.59 Å². The third-order valence-electron chi connectivity index (χ3n) is 4.57. The molecule has 1 amide bonds. The monoisotopic (exact) mass is 268 g/mol. The number of aliphatic carboxylic acids is 1. The van der Waals surface area contributed by atoms with Gasteiger partial charge in [0, 0.05) is 24.5 Å². The predicted molar refractivity (Wildman–Crippen MR) is 71.7 cm³/mol. The van der Waals surface area contributed by atoms with Crippen molar-refractivity contribution in [2.24, 2.45) is 11.8 Å². The molecule has 4 atom stereocenters. The fourth-order valence-corrected chi connectivity index (χ4v) is 3.26. The van der Waals surface area contributed by atoms with E-state index in [0.717, 1.165) is 12.8 Å². The van der Waals surface area contributed by atoms with Crippen molar-refractivity contribution in [3.8, 4) is 0 Å². The fourth-order valence-electron chi connectivity index (χ4n) is 3.26. The van der Waals surface area contributed by atoms with Crippen LogP contribution >= 0.6 is 0 Å². The molecule has 5 nitrogen and oxygen atoms in total. The zero-order chi connectivity index (χ0) is 14.0. The molecule has 2 rings (SSSR count). The van der Waals surface area contributed by atoms with Crippen LogP contribution < -0.4 is 10.6 Å². The Morgan fingerprint density at radius 2 is 1.84 bits per heavy atom. The summed E-state index contributed by atoms with van der Waals surface area (Å²) in [6, 6.07) is 0.863. The Morgan fingerprint density at radius 3 is 2.37 bits per heavy atom. The molecule has 108 valence electrons. The number of carboxylic acid groups (broad SMARTS) is 1. The quantitative estimate of drug-likeness (QED) is 0.698. The van der Waals surface area contributed by atoms with Gasteiger partial charge in [-0.1, -0.05) is 0 Å². The number of piperidine rings is 1. The number of carboxylic acids is 1. The van der Waals surface area contributed by atoms with Gasteiger partial charge in [-0.2, -0.15) is 0 Å². The van der Waals surface area contributed by atoms with Gasteiger partial charge in [0.25, 0.3) is 0 Å². The molecule has 0 aromatic heterocycles. The minimum atomic E-state index is -0.868. The zero-order valence-electron chi connectivity index (χ0n) is 11.7. The summed E-state index contributed by atoms with van der Waals surface area (Å²) in [5.74, 6) is -0.973. The summed E-state index contributed by atoms with van der Waals surface area (Å²) >= 11 is 0. The van der Waals surface area contributed by atoms with Crippen LogP contribution in [0.2, 0.25) is 0 Å². The molecule has 5 heteroatoms. The molecule has 0 aromatic carbocycles. The van der Waals surface area contributed by atoms with Gasteiger partial charge in [-0.25, -0.2) is 0 Å². The highest BCUT2D eigenvalue weighted by Crippen LogP contribution is 2.32. The van der Waals surface area contributed by atoms with Gasteiger partial charge in [-0.05, 0) is 45.4 Å². The minimum absolute atomic E-state index is 0.00750. The second kappa shape index (κ2) is 5.90. The van der Waals surface area contributed by atoms with Crippen molar-refractivity contribution in [2.45, 2.75) is 64.1 Å². The molecule has 19 heavy (non-hydrogen) atoms. The molecule has 4 unspecified atom stereocenters. The normalized spacial score (nSPS) is 32.6. The van der Waals surface area contributed by atoms with Crippen LogP contribution in [-0.4, -0.2) is 35.1 Å². The van der Waals surface area contributed by atoms with Crippen LogP contribution in [0.25, 0.3) is 0 Å². The highest BCUT2D eigenvalue weighted by atomic mass is 16.4. The standard InChI is InChI=1S/C14H24N2O3/c1-8(14(18)19)9(2)15-13(17)7-10-5-11-3-4-12(6-10)16-11/h8-12,16H,3-7H2,1-2H3,(H,15,17)(H,18,19). The SMILES string of the molecule is CC(NC(=O)CC1CC2CCC(C1)N2)C(C)C(=O)O. The Bertz CT molecular complexity index is 347. The van der Waals surface area contributed by atoms with Crippen molar-refractivity contribution >= 4 is 11.9 Å². The molecule has 0 saturated carbocycles. The van der Waals surface area contributed by atoms with E-state index in [1.807, 2.05) is 0 Å². The first-order valence-electron chi connectivity index (χ1n) is 7.24. The molecule has 2 heterocycles.